The number of carbonyl (C=O) groups is 3. The minimum Gasteiger partial charge on any atom is -0.497 e. The van der Waals surface area contributed by atoms with E-state index in [1.165, 1.54) is 14.2 Å². The molecule has 0 unspecified atom stereocenters. The predicted octanol–water partition coefficient (Wildman–Crippen LogP) is 1.87. The molecular weight excluding hydrogens is 390 g/mol. The third kappa shape index (κ3) is 3.18. The van der Waals surface area contributed by atoms with Gasteiger partial charge in [0.05, 0.1) is 26.5 Å². The maximum atomic E-state index is 13.2. The largest absolute Gasteiger partial charge is 0.497 e. The number of anilines is 1. The molecule has 2 heterocycles. The maximum absolute atomic E-state index is 13.2. The smallest absolute Gasteiger partial charge is 0.325 e. The van der Waals surface area contributed by atoms with Crippen LogP contribution >= 0.6 is 0 Å². The van der Waals surface area contributed by atoms with E-state index in [1.54, 1.807) is 42.5 Å². The molecule has 0 bridgehead atoms. The van der Waals surface area contributed by atoms with Gasteiger partial charge in [0, 0.05) is 18.1 Å². The fourth-order valence-corrected chi connectivity index (χ4v) is 3.76. The molecule has 1 fully saturated rings. The van der Waals surface area contributed by atoms with Crippen LogP contribution in [0, 0.1) is 0 Å². The van der Waals surface area contributed by atoms with Gasteiger partial charge < -0.3 is 24.8 Å². The molecule has 9 nitrogen and oxygen atoms in total. The summed E-state index contributed by atoms with van der Waals surface area (Å²) in [5.74, 6) is 0.485. The van der Waals surface area contributed by atoms with Gasteiger partial charge in [-0.05, 0) is 18.2 Å². The van der Waals surface area contributed by atoms with Gasteiger partial charge in [-0.25, -0.2) is 4.79 Å². The highest BCUT2D eigenvalue weighted by Crippen LogP contribution is 2.41. The number of ether oxygens (including phenoxy) is 3. The Morgan fingerprint density at radius 1 is 1.20 bits per heavy atom. The van der Waals surface area contributed by atoms with Crippen molar-refractivity contribution in [3.8, 4) is 17.2 Å². The van der Waals surface area contributed by atoms with E-state index in [0.717, 1.165) is 4.90 Å². The van der Waals surface area contributed by atoms with Crippen LogP contribution in [0.2, 0.25) is 0 Å². The summed E-state index contributed by atoms with van der Waals surface area (Å²) in [4.78, 5) is 39.4. The van der Waals surface area contributed by atoms with Crippen molar-refractivity contribution < 1.29 is 28.6 Å². The fourth-order valence-electron chi connectivity index (χ4n) is 3.76. The summed E-state index contributed by atoms with van der Waals surface area (Å²) >= 11 is 0. The number of hydrogen-bond donors (Lipinski definition) is 2. The van der Waals surface area contributed by atoms with Gasteiger partial charge in [-0.3, -0.25) is 14.5 Å². The van der Waals surface area contributed by atoms with Gasteiger partial charge in [-0.2, -0.15) is 0 Å². The van der Waals surface area contributed by atoms with Gasteiger partial charge in [0.2, 0.25) is 5.91 Å². The number of urea groups is 1. The van der Waals surface area contributed by atoms with Crippen LogP contribution in [-0.4, -0.2) is 50.1 Å². The number of nitrogens with zero attached hydrogens (tertiary/aromatic N) is 1. The van der Waals surface area contributed by atoms with Crippen molar-refractivity contribution in [1.82, 2.24) is 10.2 Å². The zero-order valence-corrected chi connectivity index (χ0v) is 16.6. The molecule has 1 atom stereocenters. The fraction of sp³-hybridized carbons (Fsp3) is 0.286. The lowest BCUT2D eigenvalue weighted by Crippen LogP contribution is -2.48. The van der Waals surface area contributed by atoms with Gasteiger partial charge in [0.1, 0.15) is 23.8 Å². The summed E-state index contributed by atoms with van der Waals surface area (Å²) in [5.41, 5.74) is -0.258. The second-order valence-corrected chi connectivity index (χ2v) is 6.94. The molecule has 0 saturated carbocycles. The number of carbonyl (C=O) groups excluding carboxylic acids is 3. The van der Waals surface area contributed by atoms with E-state index in [-0.39, 0.29) is 13.0 Å². The molecule has 2 N–H and O–H groups in total. The molecule has 156 valence electrons. The summed E-state index contributed by atoms with van der Waals surface area (Å²) in [6.45, 7) is -0.153. The highest BCUT2D eigenvalue weighted by atomic mass is 16.5. The molecule has 1 saturated heterocycles. The molecule has 0 aliphatic carbocycles. The lowest BCUT2D eigenvalue weighted by molar-refractivity contribution is -0.135. The molecule has 1 spiro atoms. The van der Waals surface area contributed by atoms with Crippen molar-refractivity contribution in [3.63, 3.8) is 0 Å². The molecule has 4 rings (SSSR count). The van der Waals surface area contributed by atoms with E-state index >= 15 is 0 Å². The van der Waals surface area contributed by atoms with E-state index < -0.39 is 29.9 Å². The first-order chi connectivity index (χ1) is 14.5. The van der Waals surface area contributed by atoms with Crippen LogP contribution in [-0.2, 0) is 15.1 Å². The molecule has 9 heteroatoms. The summed E-state index contributed by atoms with van der Waals surface area (Å²) < 4.78 is 16.0. The zero-order valence-electron chi connectivity index (χ0n) is 16.6. The lowest BCUT2D eigenvalue weighted by atomic mass is 9.84. The molecule has 0 radical (unpaired) electrons. The topological polar surface area (TPSA) is 106 Å². The molecule has 2 aromatic carbocycles. The van der Waals surface area contributed by atoms with E-state index in [1.807, 2.05) is 0 Å². The van der Waals surface area contributed by atoms with Gasteiger partial charge in [0.25, 0.3) is 5.91 Å². The molecule has 0 aromatic heterocycles. The standard InChI is InChI=1S/C21H21N3O6/c1-28-13-7-8-17(29-2)15(11-13)22-18(25)12-24-19(26)21(23-20(24)27)9-10-30-16-6-4-3-5-14(16)21/h3-8,11H,9-10,12H2,1-2H3,(H,22,25)(H,23,27)/t21-/m1/s1. The minimum absolute atomic E-state index is 0.282. The third-order valence-electron chi connectivity index (χ3n) is 5.24. The molecule has 2 aromatic rings. The lowest BCUT2D eigenvalue weighted by Gasteiger charge is -2.33. The van der Waals surface area contributed by atoms with E-state index in [2.05, 4.69) is 10.6 Å². The van der Waals surface area contributed by atoms with E-state index in [0.29, 0.717) is 28.5 Å². The number of methoxy groups -OCH3 is 2. The van der Waals surface area contributed by atoms with Crippen molar-refractivity contribution in [3.05, 3.63) is 48.0 Å². The van der Waals surface area contributed by atoms with Gasteiger partial charge in [-0.1, -0.05) is 18.2 Å². The summed E-state index contributed by atoms with van der Waals surface area (Å²) in [6, 6.07) is 11.4. The summed E-state index contributed by atoms with van der Waals surface area (Å²) in [5, 5.41) is 5.44. The molecule has 2 aliphatic rings. The first-order valence-corrected chi connectivity index (χ1v) is 9.37. The quantitative estimate of drug-likeness (QED) is 0.728. The number of amides is 4. The number of imide groups is 1. The SMILES string of the molecule is COc1ccc(OC)c(NC(=O)CN2C(=O)N[C@@]3(CCOc4ccccc43)C2=O)c1. The van der Waals surface area contributed by atoms with Crippen LogP contribution in [0.3, 0.4) is 0 Å². The van der Waals surface area contributed by atoms with Gasteiger partial charge >= 0.3 is 6.03 Å². The molecule has 4 amide bonds. The number of benzene rings is 2. The Balaban J connectivity index is 1.55. The summed E-state index contributed by atoms with van der Waals surface area (Å²) in [7, 11) is 2.98. The summed E-state index contributed by atoms with van der Waals surface area (Å²) in [6.07, 6.45) is 0.288. The van der Waals surface area contributed by atoms with Crippen molar-refractivity contribution >= 4 is 23.5 Å². The molecular formula is C21H21N3O6. The van der Waals surface area contributed by atoms with Crippen LogP contribution in [0.15, 0.2) is 42.5 Å². The Morgan fingerprint density at radius 3 is 2.77 bits per heavy atom. The van der Waals surface area contributed by atoms with Crippen LogP contribution in [0.5, 0.6) is 17.2 Å². The van der Waals surface area contributed by atoms with E-state index in [9.17, 15) is 14.4 Å². The number of para-hydroxylation sites is 1. The highest BCUT2D eigenvalue weighted by Gasteiger charge is 2.55. The monoisotopic (exact) mass is 411 g/mol. The molecule has 30 heavy (non-hydrogen) atoms. The number of nitrogens with one attached hydrogen (secondary N) is 2. The zero-order chi connectivity index (χ0) is 21.3. The normalized spacial score (nSPS) is 19.7. The number of rotatable bonds is 5. The first kappa shape index (κ1) is 19.6. The minimum atomic E-state index is -1.22. The van der Waals surface area contributed by atoms with Crippen LogP contribution in [0.4, 0.5) is 10.5 Å². The Hall–Kier alpha value is -3.75. The van der Waals surface area contributed by atoms with E-state index in [4.69, 9.17) is 14.2 Å². The Kier molecular flexibility index (Phi) is 4.94. The van der Waals surface area contributed by atoms with Crippen LogP contribution in [0.25, 0.3) is 0 Å². The maximum Gasteiger partial charge on any atom is 0.325 e. The van der Waals surface area contributed by atoms with Crippen molar-refractivity contribution in [2.45, 2.75) is 12.0 Å². The van der Waals surface area contributed by atoms with Gasteiger partial charge in [-0.15, -0.1) is 0 Å². The predicted molar refractivity (Wildman–Crippen MR) is 107 cm³/mol. The molecule has 2 aliphatic heterocycles. The average Bonchev–Trinajstić information content (AvgIpc) is 2.98. The van der Waals surface area contributed by atoms with Crippen LogP contribution < -0.4 is 24.8 Å². The average molecular weight is 411 g/mol. The second kappa shape index (κ2) is 7.58. The second-order valence-electron chi connectivity index (χ2n) is 6.94. The first-order valence-electron chi connectivity index (χ1n) is 9.37. The van der Waals surface area contributed by atoms with Crippen molar-refractivity contribution in [2.75, 3.05) is 32.7 Å². The Bertz CT molecular complexity index is 1020. The Morgan fingerprint density at radius 2 is 2.00 bits per heavy atom. The highest BCUT2D eigenvalue weighted by molar-refractivity contribution is 6.11. The third-order valence-corrected chi connectivity index (χ3v) is 5.24. The Labute approximate surface area is 172 Å². The van der Waals surface area contributed by atoms with Crippen LogP contribution in [0.1, 0.15) is 12.0 Å². The van der Waals surface area contributed by atoms with Gasteiger partial charge in [0.15, 0.2) is 5.54 Å². The number of fused-ring (bicyclic) bond motifs is 2. The number of hydrogen-bond acceptors (Lipinski definition) is 6. The van der Waals surface area contributed by atoms with Crippen molar-refractivity contribution in [1.29, 1.82) is 0 Å². The van der Waals surface area contributed by atoms with Crippen molar-refractivity contribution in [2.24, 2.45) is 0 Å².